The Morgan fingerprint density at radius 3 is 2.14 bits per heavy atom. The number of rotatable bonds is 18. The van der Waals surface area contributed by atoms with Gasteiger partial charge in [0.05, 0.1) is 31.6 Å². The van der Waals surface area contributed by atoms with E-state index in [-0.39, 0.29) is 13.0 Å². The lowest BCUT2D eigenvalue weighted by molar-refractivity contribution is -0.873. The highest BCUT2D eigenvalue weighted by Gasteiger charge is 2.24. The van der Waals surface area contributed by atoms with Gasteiger partial charge in [0.1, 0.15) is 6.54 Å². The molecule has 0 spiro atoms. The number of unbranched alkanes of at least 4 members (excludes halogenated alkanes) is 9. The number of nitrogens with zero attached hydrogens (tertiary/aromatic N) is 1. The third kappa shape index (κ3) is 19.4. The normalized spacial score (nSPS) is 15.0. The molecule has 0 aliphatic heterocycles. The van der Waals surface area contributed by atoms with E-state index in [0.717, 1.165) is 32.1 Å². The summed E-state index contributed by atoms with van der Waals surface area (Å²) in [7, 11) is 2.97. The molecule has 164 valence electrons. The Labute approximate surface area is 176 Å². The zero-order valence-electron chi connectivity index (χ0n) is 21.3. The highest BCUT2D eigenvalue weighted by Crippen LogP contribution is 2.11. The Kier molecular flexibility index (Phi) is 12.6. The van der Waals surface area contributed by atoms with Gasteiger partial charge in [-0.1, -0.05) is 57.6 Å². The van der Waals surface area contributed by atoms with Crippen LogP contribution in [0, 0.1) is 0 Å². The zero-order chi connectivity index (χ0) is 23.8. The molecule has 1 atom stereocenters. The average molecular weight is 402 g/mol. The Bertz CT molecular complexity index is 533. The van der Waals surface area contributed by atoms with Gasteiger partial charge in [-0.25, -0.2) is 0 Å². The van der Waals surface area contributed by atoms with Crippen molar-refractivity contribution in [3.63, 3.8) is 0 Å². The first-order valence-corrected chi connectivity index (χ1v) is 10.9. The Balaban J connectivity index is 4.01. The number of carboxylic acids is 1. The van der Waals surface area contributed by atoms with Crippen LogP contribution in [-0.4, -0.2) is 55.2 Å². The molecule has 5 nitrogen and oxygen atoms in total. The summed E-state index contributed by atoms with van der Waals surface area (Å²) in [6.45, 7) is -0.160. The van der Waals surface area contributed by atoms with Crippen molar-refractivity contribution >= 4 is 11.9 Å². The SMILES string of the molecule is [2H]C([2H])([2H])[N+](C)(C)C[C@@H](CC(=O)O)OC(=O)CCCCCCC/C=C\CCCCCC. The van der Waals surface area contributed by atoms with Crippen LogP contribution < -0.4 is 0 Å². The van der Waals surface area contributed by atoms with Crippen LogP contribution in [0.5, 0.6) is 0 Å². The molecule has 0 aliphatic rings. The van der Waals surface area contributed by atoms with Crippen molar-refractivity contribution < 1.29 is 28.0 Å². The fourth-order valence-corrected chi connectivity index (χ4v) is 3.08. The van der Waals surface area contributed by atoms with E-state index in [1.165, 1.54) is 46.2 Å². The predicted molar refractivity (Wildman–Crippen MR) is 115 cm³/mol. The molecule has 0 bridgehead atoms. The van der Waals surface area contributed by atoms with E-state index < -0.39 is 35.9 Å². The lowest BCUT2D eigenvalue weighted by Gasteiger charge is -2.28. The van der Waals surface area contributed by atoms with Crippen molar-refractivity contribution in [2.75, 3.05) is 27.6 Å². The molecule has 0 aromatic rings. The highest BCUT2D eigenvalue weighted by atomic mass is 16.5. The van der Waals surface area contributed by atoms with Crippen molar-refractivity contribution in [1.82, 2.24) is 0 Å². The van der Waals surface area contributed by atoms with Crippen molar-refractivity contribution in [3.8, 4) is 0 Å². The maximum Gasteiger partial charge on any atom is 0.307 e. The van der Waals surface area contributed by atoms with Gasteiger partial charge in [0, 0.05) is 6.42 Å². The molecule has 28 heavy (non-hydrogen) atoms. The summed E-state index contributed by atoms with van der Waals surface area (Å²) < 4.78 is 27.6. The second kappa shape index (κ2) is 16.6. The molecule has 0 aromatic heterocycles. The molecule has 0 saturated carbocycles. The summed E-state index contributed by atoms with van der Waals surface area (Å²) in [5.74, 6) is -1.57. The number of quaternary nitrogens is 1. The molecule has 1 N–H and O–H groups in total. The lowest BCUT2D eigenvalue weighted by Crippen LogP contribution is -2.43. The van der Waals surface area contributed by atoms with Crippen molar-refractivity contribution in [1.29, 1.82) is 0 Å². The van der Waals surface area contributed by atoms with Gasteiger partial charge in [0.2, 0.25) is 0 Å². The molecule has 0 heterocycles. The van der Waals surface area contributed by atoms with Crippen molar-refractivity contribution in [2.24, 2.45) is 0 Å². The van der Waals surface area contributed by atoms with Gasteiger partial charge in [0.15, 0.2) is 6.10 Å². The van der Waals surface area contributed by atoms with Gasteiger partial charge in [-0.05, 0) is 32.1 Å². The zero-order valence-corrected chi connectivity index (χ0v) is 18.3. The number of carboxylic acid groups (broad SMARTS) is 1. The van der Waals surface area contributed by atoms with E-state index >= 15 is 0 Å². The van der Waals surface area contributed by atoms with Crippen LogP contribution in [0.1, 0.15) is 94.5 Å². The number of ether oxygens (including phenoxy) is 1. The molecule has 0 radical (unpaired) electrons. The third-order valence-corrected chi connectivity index (χ3v) is 4.50. The molecule has 0 fully saturated rings. The van der Waals surface area contributed by atoms with Crippen molar-refractivity contribution in [2.45, 2.75) is 96.5 Å². The minimum Gasteiger partial charge on any atom is -0.481 e. The minimum absolute atomic E-state index is 0.0688. The maximum absolute atomic E-state index is 12.1. The highest BCUT2D eigenvalue weighted by molar-refractivity contribution is 5.71. The Hall–Kier alpha value is -1.36. The van der Waals surface area contributed by atoms with E-state index in [0.29, 0.717) is 6.42 Å². The topological polar surface area (TPSA) is 63.6 Å². The van der Waals surface area contributed by atoms with Crippen LogP contribution >= 0.6 is 0 Å². The molecule has 0 saturated heterocycles. The van der Waals surface area contributed by atoms with Crippen LogP contribution in [0.15, 0.2) is 12.2 Å². The minimum atomic E-state index is -2.31. The largest absolute Gasteiger partial charge is 0.481 e. The van der Waals surface area contributed by atoms with Gasteiger partial charge in [-0.3, -0.25) is 9.59 Å². The summed E-state index contributed by atoms with van der Waals surface area (Å²) >= 11 is 0. The number of hydrogen-bond acceptors (Lipinski definition) is 3. The van der Waals surface area contributed by atoms with Crippen LogP contribution in [0.2, 0.25) is 0 Å². The first-order valence-electron chi connectivity index (χ1n) is 12.4. The van der Waals surface area contributed by atoms with Crippen LogP contribution in [0.25, 0.3) is 0 Å². The average Bonchev–Trinajstić information content (AvgIpc) is 2.63. The number of allylic oxidation sites excluding steroid dienone is 2. The summed E-state index contributed by atoms with van der Waals surface area (Å²) in [6, 6.07) is 0. The number of hydrogen-bond donors (Lipinski definition) is 1. The fourth-order valence-electron chi connectivity index (χ4n) is 3.08. The first kappa shape index (κ1) is 21.4. The molecule has 5 heteroatoms. The molecule has 0 aromatic carbocycles. The predicted octanol–water partition coefficient (Wildman–Crippen LogP) is 5.34. The number of esters is 1. The lowest BCUT2D eigenvalue weighted by atomic mass is 10.1. The summed E-state index contributed by atoms with van der Waals surface area (Å²) in [6.07, 6.45) is 15.9. The number of aliphatic carboxylic acids is 1. The van der Waals surface area contributed by atoms with Gasteiger partial charge in [-0.2, -0.15) is 0 Å². The van der Waals surface area contributed by atoms with Crippen LogP contribution in [-0.2, 0) is 14.3 Å². The Morgan fingerprint density at radius 1 is 1.00 bits per heavy atom. The summed E-state index contributed by atoms with van der Waals surface area (Å²) in [5.41, 5.74) is 0. The van der Waals surface area contributed by atoms with Gasteiger partial charge in [-0.15, -0.1) is 0 Å². The fraction of sp³-hybridized carbons (Fsp3) is 0.826. The second-order valence-electron chi connectivity index (χ2n) is 8.20. The quantitative estimate of drug-likeness (QED) is 0.146. The van der Waals surface area contributed by atoms with Crippen molar-refractivity contribution in [3.05, 3.63) is 12.2 Å². The molecule has 0 rings (SSSR count). The van der Waals surface area contributed by atoms with Gasteiger partial charge in [0.25, 0.3) is 0 Å². The molecule has 0 amide bonds. The first-order chi connectivity index (χ1) is 14.5. The number of carbonyl (C=O) groups is 2. The Morgan fingerprint density at radius 2 is 1.57 bits per heavy atom. The van der Waals surface area contributed by atoms with Crippen LogP contribution in [0.3, 0.4) is 0 Å². The molecular weight excluding hydrogens is 354 g/mol. The number of carbonyl (C=O) groups excluding carboxylic acids is 1. The smallest absolute Gasteiger partial charge is 0.307 e. The number of likely N-dealkylation sites (N-methyl/N-ethyl adjacent to an activating group) is 1. The molecular formula is C23H44NO4+. The van der Waals surface area contributed by atoms with Crippen LogP contribution in [0.4, 0.5) is 0 Å². The van der Waals surface area contributed by atoms with E-state index in [1.807, 2.05) is 0 Å². The van der Waals surface area contributed by atoms with E-state index in [2.05, 4.69) is 19.1 Å². The van der Waals surface area contributed by atoms with Gasteiger partial charge >= 0.3 is 11.9 Å². The van der Waals surface area contributed by atoms with E-state index in [4.69, 9.17) is 14.0 Å². The van der Waals surface area contributed by atoms with E-state index in [9.17, 15) is 9.59 Å². The van der Waals surface area contributed by atoms with E-state index in [1.54, 1.807) is 0 Å². The molecule has 0 aliphatic carbocycles. The third-order valence-electron chi connectivity index (χ3n) is 4.50. The summed E-state index contributed by atoms with van der Waals surface area (Å²) in [4.78, 5) is 23.2. The second-order valence-corrected chi connectivity index (χ2v) is 8.20. The summed E-state index contributed by atoms with van der Waals surface area (Å²) in [5, 5.41) is 9.05. The monoisotopic (exact) mass is 401 g/mol. The van der Waals surface area contributed by atoms with Gasteiger partial charge < -0.3 is 14.3 Å². The maximum atomic E-state index is 12.1. The molecule has 0 unspecified atom stereocenters. The standard InChI is InChI=1S/C23H43NO4/c1-5-6-7-8-9-10-11-12-13-14-15-16-17-18-23(27)28-21(19-22(25)26)20-24(2,3)4/h10-11,21H,5-9,12-20H2,1-4H3/p+1/b11-10-/t21-/m1/s1/i2D3.